The van der Waals surface area contributed by atoms with Crippen LogP contribution < -0.4 is 19.9 Å². The van der Waals surface area contributed by atoms with E-state index in [9.17, 15) is 18.0 Å². The monoisotopic (exact) mass is 595 g/mol. The first-order valence-electron chi connectivity index (χ1n) is 12.9. The molecule has 2 aromatic carbocycles. The molecule has 2 aliphatic heterocycles. The molecule has 1 N–H and O–H groups in total. The molecule has 2 aromatic rings. The minimum atomic E-state index is -4.75. The Morgan fingerprint density at radius 1 is 1.20 bits per heavy atom. The first-order valence-corrected chi connectivity index (χ1v) is 13.3. The number of nitrogens with zero attached hydrogens (tertiary/aromatic N) is 4. The van der Waals surface area contributed by atoms with E-state index in [-0.39, 0.29) is 23.2 Å². The fourth-order valence-corrected chi connectivity index (χ4v) is 5.60. The quantitative estimate of drug-likeness (QED) is 0.444. The molecular formula is C28H33ClF3N5O2S. The summed E-state index contributed by atoms with van der Waals surface area (Å²) in [5.41, 5.74) is -1.25. The molecule has 0 bridgehead atoms. The van der Waals surface area contributed by atoms with Crippen LogP contribution >= 0.6 is 24.6 Å². The van der Waals surface area contributed by atoms with Gasteiger partial charge in [-0.2, -0.15) is 18.4 Å². The highest BCUT2D eigenvalue weighted by Gasteiger charge is 2.50. The molecule has 40 heavy (non-hydrogen) atoms. The number of rotatable bonds is 7. The molecule has 216 valence electrons. The summed E-state index contributed by atoms with van der Waals surface area (Å²) in [4.78, 5) is 18.6. The molecule has 7 nitrogen and oxygen atoms in total. The van der Waals surface area contributed by atoms with E-state index in [0.29, 0.717) is 24.8 Å². The van der Waals surface area contributed by atoms with Crippen LogP contribution in [0.25, 0.3) is 0 Å². The van der Waals surface area contributed by atoms with Gasteiger partial charge in [0.25, 0.3) is 5.91 Å². The van der Waals surface area contributed by atoms with E-state index in [1.807, 2.05) is 25.1 Å². The highest BCUT2D eigenvalue weighted by Crippen LogP contribution is 2.40. The molecule has 0 aromatic heterocycles. The first kappa shape index (κ1) is 31.6. The van der Waals surface area contributed by atoms with Gasteiger partial charge in [0.1, 0.15) is 17.9 Å². The second-order valence-electron chi connectivity index (χ2n) is 10.3. The Morgan fingerprint density at radius 3 is 2.52 bits per heavy atom. The van der Waals surface area contributed by atoms with E-state index in [4.69, 9.17) is 22.2 Å². The summed E-state index contributed by atoms with van der Waals surface area (Å²) in [6.45, 7) is 11.8. The summed E-state index contributed by atoms with van der Waals surface area (Å²) in [6, 6.07) is 10.8. The number of alkyl halides is 3. The number of carbonyl (C=O) groups is 1. The van der Waals surface area contributed by atoms with Gasteiger partial charge in [-0.25, -0.2) is 0 Å². The molecule has 0 saturated carbocycles. The van der Waals surface area contributed by atoms with E-state index < -0.39 is 28.7 Å². The van der Waals surface area contributed by atoms with Gasteiger partial charge in [0.05, 0.1) is 22.9 Å². The molecule has 2 fully saturated rings. The van der Waals surface area contributed by atoms with Crippen molar-refractivity contribution in [2.24, 2.45) is 0 Å². The third kappa shape index (κ3) is 6.20. The number of aryl methyl sites for hydroxylation is 1. The van der Waals surface area contributed by atoms with Crippen LogP contribution in [-0.2, 0) is 17.4 Å². The van der Waals surface area contributed by atoms with E-state index in [1.54, 1.807) is 24.8 Å². The zero-order chi connectivity index (χ0) is 28.5. The van der Waals surface area contributed by atoms with Crippen molar-refractivity contribution in [2.45, 2.75) is 51.9 Å². The van der Waals surface area contributed by atoms with Crippen molar-refractivity contribution < 1.29 is 22.7 Å². The van der Waals surface area contributed by atoms with Gasteiger partial charge in [-0.15, -0.1) is 12.4 Å². The van der Waals surface area contributed by atoms with Crippen molar-refractivity contribution in [3.8, 4) is 11.8 Å². The Balaban J connectivity index is 0.00000441. The largest absolute Gasteiger partial charge is 0.492 e. The van der Waals surface area contributed by atoms with E-state index in [1.165, 1.54) is 6.07 Å². The molecular weight excluding hydrogens is 563 g/mol. The lowest BCUT2D eigenvalue weighted by atomic mass is 10.0. The Bertz CT molecular complexity index is 1310. The lowest BCUT2D eigenvalue weighted by molar-refractivity contribution is -0.137. The van der Waals surface area contributed by atoms with Crippen LogP contribution in [0.15, 0.2) is 36.4 Å². The third-order valence-corrected chi connectivity index (χ3v) is 7.52. The number of nitrogens with one attached hydrogen (secondary N) is 1. The molecule has 4 rings (SSSR count). The summed E-state index contributed by atoms with van der Waals surface area (Å²) in [5, 5.41) is 12.6. The molecule has 0 spiro atoms. The number of amides is 1. The highest BCUT2D eigenvalue weighted by atomic mass is 35.5. The Kier molecular flexibility index (Phi) is 9.73. The van der Waals surface area contributed by atoms with Crippen molar-refractivity contribution in [2.75, 3.05) is 42.6 Å². The van der Waals surface area contributed by atoms with Crippen molar-refractivity contribution >= 4 is 47.0 Å². The summed E-state index contributed by atoms with van der Waals surface area (Å²) in [5.74, 6) is 0.284. The maximum Gasteiger partial charge on any atom is 0.417 e. The van der Waals surface area contributed by atoms with Crippen LogP contribution in [0.3, 0.4) is 0 Å². The van der Waals surface area contributed by atoms with Gasteiger partial charge < -0.3 is 15.0 Å². The predicted octanol–water partition coefficient (Wildman–Crippen LogP) is 5.15. The number of carbonyl (C=O) groups excluding carboxylic acids is 1. The lowest BCUT2D eigenvalue weighted by Crippen LogP contribution is -2.50. The van der Waals surface area contributed by atoms with Gasteiger partial charge in [0, 0.05) is 37.9 Å². The standard InChI is InChI=1S/C28H32F3N5O2S.ClH/c1-5-19-14-22(8-9-24(19)38-13-12-34-11-10-33-18(2)17-34)36-26(39)35(25(37)27(36,3)4)21-7-6-20(16-32)23(15-21)28(29,30)31;/h6-9,14-15,18,33H,5,10-13,17H2,1-4H3;1H/t18-;/m0./s1. The number of benzene rings is 2. The van der Waals surface area contributed by atoms with Crippen molar-refractivity contribution in [1.29, 1.82) is 5.26 Å². The average molecular weight is 596 g/mol. The summed E-state index contributed by atoms with van der Waals surface area (Å²) in [7, 11) is 0. The van der Waals surface area contributed by atoms with Crippen LogP contribution in [0, 0.1) is 11.3 Å². The number of nitriles is 1. The summed E-state index contributed by atoms with van der Waals surface area (Å²) < 4.78 is 46.9. The van der Waals surface area contributed by atoms with Gasteiger partial charge in [0.2, 0.25) is 0 Å². The number of thiocarbonyl (C=S) groups is 1. The van der Waals surface area contributed by atoms with Crippen LogP contribution in [0.5, 0.6) is 5.75 Å². The molecule has 0 radical (unpaired) electrons. The molecule has 2 heterocycles. The van der Waals surface area contributed by atoms with E-state index in [2.05, 4.69) is 17.1 Å². The molecule has 2 aliphatic rings. The zero-order valence-corrected chi connectivity index (χ0v) is 24.5. The highest BCUT2D eigenvalue weighted by molar-refractivity contribution is 7.81. The number of hydrogen-bond donors (Lipinski definition) is 1. The molecule has 1 amide bonds. The van der Waals surface area contributed by atoms with Crippen molar-refractivity contribution in [3.63, 3.8) is 0 Å². The topological polar surface area (TPSA) is 71.8 Å². The number of halogens is 4. The second kappa shape index (κ2) is 12.3. The van der Waals surface area contributed by atoms with E-state index in [0.717, 1.165) is 54.5 Å². The smallest absolute Gasteiger partial charge is 0.417 e. The second-order valence-corrected chi connectivity index (χ2v) is 10.7. The van der Waals surface area contributed by atoms with Crippen LogP contribution in [0.1, 0.15) is 44.4 Å². The van der Waals surface area contributed by atoms with E-state index >= 15 is 0 Å². The fraction of sp³-hybridized carbons (Fsp3) is 0.464. The summed E-state index contributed by atoms with van der Waals surface area (Å²) >= 11 is 5.66. The SMILES string of the molecule is CCc1cc(N2C(=S)N(c3ccc(C#N)c(C(F)(F)F)c3)C(=O)C2(C)C)ccc1OCCN1CCN[C@@H](C)C1.Cl. The van der Waals surface area contributed by atoms with Crippen LogP contribution in [-0.4, -0.2) is 60.3 Å². The molecule has 12 heteroatoms. The van der Waals surface area contributed by atoms with Crippen LogP contribution in [0.4, 0.5) is 24.5 Å². The number of piperazine rings is 1. The molecule has 0 unspecified atom stereocenters. The Labute approximate surface area is 244 Å². The molecule has 2 saturated heterocycles. The lowest BCUT2D eigenvalue weighted by Gasteiger charge is -2.32. The van der Waals surface area contributed by atoms with Gasteiger partial charge in [-0.1, -0.05) is 6.92 Å². The summed E-state index contributed by atoms with van der Waals surface area (Å²) in [6.07, 6.45) is -4.08. The number of hydrogen-bond acceptors (Lipinski definition) is 6. The van der Waals surface area contributed by atoms with Crippen molar-refractivity contribution in [3.05, 3.63) is 53.1 Å². The number of ether oxygens (including phenoxy) is 1. The number of anilines is 2. The van der Waals surface area contributed by atoms with Gasteiger partial charge in [0.15, 0.2) is 5.11 Å². The van der Waals surface area contributed by atoms with Gasteiger partial charge in [-0.3, -0.25) is 14.6 Å². The van der Waals surface area contributed by atoms with Gasteiger partial charge in [-0.05, 0) is 81.4 Å². The minimum Gasteiger partial charge on any atom is -0.492 e. The Hall–Kier alpha value is -2.91. The first-order chi connectivity index (χ1) is 18.4. The van der Waals surface area contributed by atoms with Crippen LogP contribution in [0.2, 0.25) is 0 Å². The molecule has 0 aliphatic carbocycles. The van der Waals surface area contributed by atoms with Crippen molar-refractivity contribution in [1.82, 2.24) is 10.2 Å². The predicted molar refractivity (Wildman–Crippen MR) is 155 cm³/mol. The minimum absolute atomic E-state index is 0. The maximum atomic E-state index is 13.6. The maximum absolute atomic E-state index is 13.6. The average Bonchev–Trinajstić information content (AvgIpc) is 3.06. The molecule has 1 atom stereocenters. The van der Waals surface area contributed by atoms with Gasteiger partial charge >= 0.3 is 6.18 Å². The fourth-order valence-electron chi connectivity index (χ4n) is 5.08. The third-order valence-electron chi connectivity index (χ3n) is 7.16. The Morgan fingerprint density at radius 2 is 1.90 bits per heavy atom. The normalized spacial score (nSPS) is 19.4. The zero-order valence-electron chi connectivity index (χ0n) is 22.8.